The molecule has 1 saturated heterocycles. The number of hydrogen-bond donors (Lipinski definition) is 2. The van der Waals surface area contributed by atoms with Crippen molar-refractivity contribution in [2.24, 2.45) is 4.99 Å². The minimum atomic E-state index is 0.297. The van der Waals surface area contributed by atoms with Gasteiger partial charge in [0, 0.05) is 30.9 Å². The van der Waals surface area contributed by atoms with Crippen molar-refractivity contribution in [3.8, 4) is 0 Å². The van der Waals surface area contributed by atoms with Crippen molar-refractivity contribution in [2.45, 2.75) is 30.8 Å². The molecule has 0 aromatic rings. The molecule has 2 aliphatic rings. The van der Waals surface area contributed by atoms with Gasteiger partial charge in [-0.25, -0.2) is 0 Å². The van der Waals surface area contributed by atoms with Crippen LogP contribution in [0.2, 0.25) is 0 Å². The number of nitrogens with zero attached hydrogens (tertiary/aromatic N) is 2. The Morgan fingerprint density at radius 2 is 2.24 bits per heavy atom. The summed E-state index contributed by atoms with van der Waals surface area (Å²) in [5.74, 6) is 3.45. The highest BCUT2D eigenvalue weighted by molar-refractivity contribution is 7.99. The van der Waals surface area contributed by atoms with E-state index in [1.54, 1.807) is 0 Å². The summed E-state index contributed by atoms with van der Waals surface area (Å²) >= 11 is 2.05. The van der Waals surface area contributed by atoms with Crippen LogP contribution >= 0.6 is 11.8 Å². The van der Waals surface area contributed by atoms with E-state index in [4.69, 9.17) is 0 Å². The maximum absolute atomic E-state index is 4.29. The van der Waals surface area contributed by atoms with Crippen molar-refractivity contribution in [3.05, 3.63) is 0 Å². The van der Waals surface area contributed by atoms with E-state index in [-0.39, 0.29) is 0 Å². The molecule has 17 heavy (non-hydrogen) atoms. The summed E-state index contributed by atoms with van der Waals surface area (Å²) in [7, 11) is 6.22. The molecule has 0 amide bonds. The Kier molecular flexibility index (Phi) is 4.20. The monoisotopic (exact) mass is 256 g/mol. The Labute approximate surface area is 109 Å². The third-order valence-corrected chi connectivity index (χ3v) is 4.99. The molecule has 0 aromatic carbocycles. The molecule has 0 bridgehead atoms. The van der Waals surface area contributed by atoms with Crippen LogP contribution in [0, 0.1) is 0 Å². The van der Waals surface area contributed by atoms with Crippen molar-refractivity contribution in [3.63, 3.8) is 0 Å². The Balaban J connectivity index is 1.85. The Hall–Kier alpha value is -0.420. The van der Waals surface area contributed by atoms with E-state index in [0.29, 0.717) is 11.6 Å². The van der Waals surface area contributed by atoms with Crippen LogP contribution in [0.4, 0.5) is 0 Å². The lowest BCUT2D eigenvalue weighted by atomic mass is 9.97. The summed E-state index contributed by atoms with van der Waals surface area (Å²) in [5, 5.41) is 6.92. The molecule has 5 heteroatoms. The van der Waals surface area contributed by atoms with Crippen LogP contribution in [-0.2, 0) is 0 Å². The highest BCUT2D eigenvalue weighted by Crippen LogP contribution is 2.31. The van der Waals surface area contributed by atoms with Gasteiger partial charge in [-0.05, 0) is 39.1 Å². The van der Waals surface area contributed by atoms with E-state index >= 15 is 0 Å². The molecule has 98 valence electrons. The van der Waals surface area contributed by atoms with Crippen LogP contribution in [0.25, 0.3) is 0 Å². The molecule has 1 unspecified atom stereocenters. The number of rotatable bonds is 4. The second-order valence-corrected chi connectivity index (χ2v) is 6.37. The molecule has 2 rings (SSSR count). The summed E-state index contributed by atoms with van der Waals surface area (Å²) in [5.41, 5.74) is 0.297. The number of thioether (sulfide) groups is 1. The second kappa shape index (κ2) is 5.48. The van der Waals surface area contributed by atoms with Gasteiger partial charge in [-0.1, -0.05) is 0 Å². The van der Waals surface area contributed by atoms with E-state index in [1.165, 1.54) is 30.8 Å². The fourth-order valence-corrected chi connectivity index (χ4v) is 3.66. The predicted octanol–water partition coefficient (Wildman–Crippen LogP) is 0.751. The van der Waals surface area contributed by atoms with Gasteiger partial charge in [0.1, 0.15) is 0 Å². The van der Waals surface area contributed by atoms with Crippen molar-refractivity contribution >= 4 is 17.7 Å². The minimum absolute atomic E-state index is 0.297. The molecule has 0 spiro atoms. The zero-order chi connectivity index (χ0) is 12.3. The van der Waals surface area contributed by atoms with Gasteiger partial charge in [0.2, 0.25) is 0 Å². The molecule has 2 fully saturated rings. The van der Waals surface area contributed by atoms with Gasteiger partial charge in [0.25, 0.3) is 0 Å². The fourth-order valence-electron chi connectivity index (χ4n) is 2.11. The highest BCUT2D eigenvalue weighted by atomic mass is 32.2. The second-order valence-electron chi connectivity index (χ2n) is 5.27. The molecular formula is C12H24N4S. The third-order valence-electron chi connectivity index (χ3n) is 3.76. The average Bonchev–Trinajstić information content (AvgIpc) is 2.99. The maximum Gasteiger partial charge on any atom is 0.191 e. The van der Waals surface area contributed by atoms with E-state index < -0.39 is 0 Å². The van der Waals surface area contributed by atoms with Crippen LogP contribution in [0.5, 0.6) is 0 Å². The average molecular weight is 256 g/mol. The lowest BCUT2D eigenvalue weighted by Crippen LogP contribution is -2.54. The lowest BCUT2D eigenvalue weighted by molar-refractivity contribution is 0.183. The van der Waals surface area contributed by atoms with Crippen LogP contribution in [0.1, 0.15) is 19.3 Å². The van der Waals surface area contributed by atoms with E-state index in [1.807, 2.05) is 7.05 Å². The Bertz CT molecular complexity index is 280. The quantitative estimate of drug-likeness (QED) is 0.575. The minimum Gasteiger partial charge on any atom is -0.355 e. The third kappa shape index (κ3) is 3.28. The summed E-state index contributed by atoms with van der Waals surface area (Å²) in [6, 6.07) is 0.662. The topological polar surface area (TPSA) is 39.7 Å². The van der Waals surface area contributed by atoms with Gasteiger partial charge in [-0.15, -0.1) is 0 Å². The number of hydrogen-bond acceptors (Lipinski definition) is 3. The van der Waals surface area contributed by atoms with Crippen molar-refractivity contribution in [2.75, 3.05) is 39.2 Å². The molecule has 1 atom stereocenters. The first-order chi connectivity index (χ1) is 8.16. The van der Waals surface area contributed by atoms with Crippen LogP contribution in [-0.4, -0.2) is 61.6 Å². The van der Waals surface area contributed by atoms with E-state index in [9.17, 15) is 0 Å². The molecule has 2 N–H and O–H groups in total. The first-order valence-corrected chi connectivity index (χ1v) is 7.54. The molecule has 0 radical (unpaired) electrons. The summed E-state index contributed by atoms with van der Waals surface area (Å²) < 4.78 is 0. The molecule has 1 aliphatic carbocycles. The number of likely N-dealkylation sites (N-methyl/N-ethyl adjacent to an activating group) is 1. The zero-order valence-electron chi connectivity index (χ0n) is 11.1. The molecular weight excluding hydrogens is 232 g/mol. The van der Waals surface area contributed by atoms with Gasteiger partial charge in [0.15, 0.2) is 5.96 Å². The number of nitrogens with one attached hydrogen (secondary N) is 2. The first-order valence-electron chi connectivity index (χ1n) is 6.39. The summed E-state index contributed by atoms with van der Waals surface area (Å²) in [6.07, 6.45) is 3.84. The van der Waals surface area contributed by atoms with E-state index in [2.05, 4.69) is 46.4 Å². The Morgan fingerprint density at radius 3 is 2.71 bits per heavy atom. The van der Waals surface area contributed by atoms with Gasteiger partial charge in [-0.3, -0.25) is 4.99 Å². The van der Waals surface area contributed by atoms with Crippen molar-refractivity contribution in [1.29, 1.82) is 0 Å². The van der Waals surface area contributed by atoms with Gasteiger partial charge in [-0.2, -0.15) is 11.8 Å². The number of guanidine groups is 1. The molecule has 1 saturated carbocycles. The summed E-state index contributed by atoms with van der Waals surface area (Å²) in [4.78, 5) is 6.65. The van der Waals surface area contributed by atoms with Gasteiger partial charge in [0.05, 0.1) is 0 Å². The molecule has 1 aliphatic heterocycles. The predicted molar refractivity (Wildman–Crippen MR) is 75.9 cm³/mol. The zero-order valence-corrected chi connectivity index (χ0v) is 11.9. The highest BCUT2D eigenvalue weighted by Gasteiger charge is 2.36. The SMILES string of the molecule is CN=C(NCC1(N(C)C)CCSC1)NC1CC1. The molecule has 1 heterocycles. The van der Waals surface area contributed by atoms with Crippen molar-refractivity contribution < 1.29 is 0 Å². The standard InChI is InChI=1S/C12H24N4S/c1-13-11(15-10-4-5-10)14-8-12(16(2)3)6-7-17-9-12/h10H,4-9H2,1-3H3,(H2,13,14,15). The maximum atomic E-state index is 4.29. The molecule has 4 nitrogen and oxygen atoms in total. The fraction of sp³-hybridized carbons (Fsp3) is 0.917. The van der Waals surface area contributed by atoms with Crippen LogP contribution < -0.4 is 10.6 Å². The van der Waals surface area contributed by atoms with Gasteiger partial charge < -0.3 is 15.5 Å². The first kappa shape index (κ1) is 13.0. The summed E-state index contributed by atoms with van der Waals surface area (Å²) in [6.45, 7) is 0.986. The van der Waals surface area contributed by atoms with Crippen LogP contribution in [0.3, 0.4) is 0 Å². The Morgan fingerprint density at radius 1 is 1.47 bits per heavy atom. The number of aliphatic imine (C=N–C) groups is 1. The van der Waals surface area contributed by atoms with Crippen LogP contribution in [0.15, 0.2) is 4.99 Å². The smallest absolute Gasteiger partial charge is 0.191 e. The van der Waals surface area contributed by atoms with Gasteiger partial charge >= 0.3 is 0 Å². The van der Waals surface area contributed by atoms with Crippen molar-refractivity contribution in [1.82, 2.24) is 15.5 Å². The molecule has 0 aromatic heterocycles. The lowest BCUT2D eigenvalue weighted by Gasteiger charge is -2.36. The largest absolute Gasteiger partial charge is 0.355 e. The normalized spacial score (nSPS) is 29.8. The van der Waals surface area contributed by atoms with E-state index in [0.717, 1.165) is 12.5 Å².